The van der Waals surface area contributed by atoms with E-state index >= 15 is 0 Å². The molecule has 112 valence electrons. The number of nitrogens with two attached hydrogens (primary N) is 1. The summed E-state index contributed by atoms with van der Waals surface area (Å²) in [4.78, 5) is 12.0. The van der Waals surface area contributed by atoms with E-state index in [1.54, 1.807) is 0 Å². The Balaban J connectivity index is 2.06. The van der Waals surface area contributed by atoms with Crippen molar-refractivity contribution in [2.75, 3.05) is 5.32 Å². The molecule has 1 heterocycles. The van der Waals surface area contributed by atoms with Crippen LogP contribution in [0.2, 0.25) is 0 Å². The van der Waals surface area contributed by atoms with Gasteiger partial charge in [-0.2, -0.15) is 0 Å². The number of carbonyl (C=O) groups excluding carboxylic acids is 1. The van der Waals surface area contributed by atoms with Gasteiger partial charge in [0.05, 0.1) is 6.04 Å². The van der Waals surface area contributed by atoms with Crippen LogP contribution in [0.5, 0.6) is 0 Å². The molecule has 0 saturated carbocycles. The van der Waals surface area contributed by atoms with Gasteiger partial charge in [0.1, 0.15) is 5.01 Å². The van der Waals surface area contributed by atoms with E-state index < -0.39 is 6.04 Å². The van der Waals surface area contributed by atoms with Gasteiger partial charge in [-0.25, -0.2) is 0 Å². The van der Waals surface area contributed by atoms with Gasteiger partial charge in [0.15, 0.2) is 0 Å². The molecule has 1 amide bonds. The monoisotopic (exact) mass is 368 g/mol. The lowest BCUT2D eigenvalue weighted by Gasteiger charge is -2.16. The summed E-state index contributed by atoms with van der Waals surface area (Å²) in [6.07, 6.45) is 0.856. The van der Waals surface area contributed by atoms with Gasteiger partial charge < -0.3 is 5.73 Å². The summed E-state index contributed by atoms with van der Waals surface area (Å²) in [6.45, 7) is 3.96. The summed E-state index contributed by atoms with van der Waals surface area (Å²) >= 11 is 4.72. The first kappa shape index (κ1) is 16.1. The molecule has 0 aliphatic heterocycles. The summed E-state index contributed by atoms with van der Waals surface area (Å²) < 4.78 is 1.00. The maximum absolute atomic E-state index is 12.0. The number of nitrogens with zero attached hydrogens (tertiary/aromatic N) is 2. The number of carbonyl (C=O) groups is 1. The highest BCUT2D eigenvalue weighted by Crippen LogP contribution is 2.27. The molecule has 0 bridgehead atoms. The summed E-state index contributed by atoms with van der Waals surface area (Å²) in [5.74, 6) is -0.0910. The number of amides is 1. The molecule has 2 rings (SSSR count). The molecule has 0 aliphatic rings. The van der Waals surface area contributed by atoms with Gasteiger partial charge in [0.25, 0.3) is 0 Å². The summed E-state index contributed by atoms with van der Waals surface area (Å²) in [6, 6.07) is 7.24. The van der Waals surface area contributed by atoms with Crippen LogP contribution in [-0.4, -0.2) is 22.1 Å². The van der Waals surface area contributed by atoms with Crippen molar-refractivity contribution < 1.29 is 4.79 Å². The number of aromatic nitrogens is 2. The highest BCUT2D eigenvalue weighted by molar-refractivity contribution is 9.10. The molecule has 0 saturated heterocycles. The zero-order valence-electron chi connectivity index (χ0n) is 11.8. The SMILES string of the molecule is CC[C@@H](C)[C@@H](N)C(=O)Nc1nnc(-c2ccc(Br)cc2)s1. The van der Waals surface area contributed by atoms with Gasteiger partial charge in [-0.15, -0.1) is 10.2 Å². The number of anilines is 1. The van der Waals surface area contributed by atoms with E-state index in [9.17, 15) is 4.79 Å². The molecule has 2 aromatic rings. The van der Waals surface area contributed by atoms with E-state index in [0.29, 0.717) is 5.13 Å². The summed E-state index contributed by atoms with van der Waals surface area (Å²) in [5.41, 5.74) is 6.85. The Kier molecular flexibility index (Phi) is 5.44. The smallest absolute Gasteiger partial charge is 0.243 e. The predicted octanol–water partition coefficient (Wildman–Crippen LogP) is 3.28. The van der Waals surface area contributed by atoms with E-state index in [4.69, 9.17) is 5.73 Å². The van der Waals surface area contributed by atoms with Crippen molar-refractivity contribution in [2.45, 2.75) is 26.3 Å². The molecule has 1 aromatic carbocycles. The summed E-state index contributed by atoms with van der Waals surface area (Å²) in [5, 5.41) is 12.0. The number of hydrogen-bond acceptors (Lipinski definition) is 5. The van der Waals surface area contributed by atoms with Crippen LogP contribution in [0, 0.1) is 5.92 Å². The predicted molar refractivity (Wildman–Crippen MR) is 89.1 cm³/mol. The topological polar surface area (TPSA) is 80.9 Å². The third kappa shape index (κ3) is 4.09. The molecule has 0 unspecified atom stereocenters. The lowest BCUT2D eigenvalue weighted by atomic mass is 10.00. The first-order valence-electron chi connectivity index (χ1n) is 6.67. The third-order valence-electron chi connectivity index (χ3n) is 3.31. The van der Waals surface area contributed by atoms with E-state index in [1.807, 2.05) is 38.1 Å². The second kappa shape index (κ2) is 7.11. The summed E-state index contributed by atoms with van der Waals surface area (Å²) in [7, 11) is 0. The number of benzene rings is 1. The van der Waals surface area contributed by atoms with Gasteiger partial charge in [-0.3, -0.25) is 10.1 Å². The minimum absolute atomic E-state index is 0.129. The molecule has 3 N–H and O–H groups in total. The zero-order valence-corrected chi connectivity index (χ0v) is 14.2. The Bertz CT molecular complexity index is 614. The average Bonchev–Trinajstić information content (AvgIpc) is 2.94. The first-order valence-corrected chi connectivity index (χ1v) is 8.28. The number of nitrogens with one attached hydrogen (secondary N) is 1. The third-order valence-corrected chi connectivity index (χ3v) is 4.72. The second-order valence-electron chi connectivity index (χ2n) is 4.82. The molecule has 0 radical (unpaired) electrons. The van der Waals surface area contributed by atoms with Crippen molar-refractivity contribution in [3.63, 3.8) is 0 Å². The molecule has 2 atom stereocenters. The van der Waals surface area contributed by atoms with Crippen LogP contribution >= 0.6 is 27.3 Å². The van der Waals surface area contributed by atoms with E-state index in [2.05, 4.69) is 31.4 Å². The van der Waals surface area contributed by atoms with Gasteiger partial charge in [-0.05, 0) is 18.1 Å². The van der Waals surface area contributed by atoms with Gasteiger partial charge in [0.2, 0.25) is 11.0 Å². The van der Waals surface area contributed by atoms with Crippen LogP contribution < -0.4 is 11.1 Å². The molecular weight excluding hydrogens is 352 g/mol. The Labute approximate surface area is 136 Å². The lowest BCUT2D eigenvalue weighted by Crippen LogP contribution is -2.40. The maximum atomic E-state index is 12.0. The van der Waals surface area contributed by atoms with Gasteiger partial charge in [-0.1, -0.05) is 59.7 Å². The molecule has 5 nitrogen and oxygen atoms in total. The molecule has 0 fully saturated rings. The maximum Gasteiger partial charge on any atom is 0.243 e. The molecule has 0 spiro atoms. The van der Waals surface area contributed by atoms with Crippen LogP contribution in [0.1, 0.15) is 20.3 Å². The first-order chi connectivity index (χ1) is 10.0. The van der Waals surface area contributed by atoms with Crippen LogP contribution in [0.25, 0.3) is 10.6 Å². The quantitative estimate of drug-likeness (QED) is 0.848. The minimum atomic E-state index is -0.532. The fourth-order valence-electron chi connectivity index (χ4n) is 1.68. The second-order valence-corrected chi connectivity index (χ2v) is 6.71. The van der Waals surface area contributed by atoms with Gasteiger partial charge >= 0.3 is 0 Å². The minimum Gasteiger partial charge on any atom is -0.320 e. The van der Waals surface area contributed by atoms with Crippen molar-refractivity contribution in [3.8, 4) is 10.6 Å². The molecular formula is C14H17BrN4OS. The average molecular weight is 369 g/mol. The van der Waals surface area contributed by atoms with Crippen LogP contribution in [-0.2, 0) is 4.79 Å². The Morgan fingerprint density at radius 1 is 1.38 bits per heavy atom. The van der Waals surface area contributed by atoms with Gasteiger partial charge in [0, 0.05) is 10.0 Å². The normalized spacial score (nSPS) is 13.7. The fraction of sp³-hybridized carbons (Fsp3) is 0.357. The molecule has 0 aliphatic carbocycles. The Hall–Kier alpha value is -1.31. The van der Waals surface area contributed by atoms with Crippen molar-refractivity contribution in [1.82, 2.24) is 10.2 Å². The Morgan fingerprint density at radius 2 is 2.05 bits per heavy atom. The Morgan fingerprint density at radius 3 is 2.67 bits per heavy atom. The fourth-order valence-corrected chi connectivity index (χ4v) is 2.70. The zero-order chi connectivity index (χ0) is 15.4. The van der Waals surface area contributed by atoms with Crippen LogP contribution in [0.3, 0.4) is 0 Å². The molecule has 1 aromatic heterocycles. The molecule has 21 heavy (non-hydrogen) atoms. The van der Waals surface area contributed by atoms with Crippen molar-refractivity contribution in [1.29, 1.82) is 0 Å². The van der Waals surface area contributed by atoms with Crippen molar-refractivity contribution >= 4 is 38.3 Å². The van der Waals surface area contributed by atoms with Crippen molar-refractivity contribution in [3.05, 3.63) is 28.7 Å². The number of rotatable bonds is 5. The lowest BCUT2D eigenvalue weighted by molar-refractivity contribution is -0.118. The molecule has 7 heteroatoms. The van der Waals surface area contributed by atoms with E-state index in [0.717, 1.165) is 21.5 Å². The van der Waals surface area contributed by atoms with Crippen LogP contribution in [0.15, 0.2) is 28.7 Å². The standard InChI is InChI=1S/C14H17BrN4OS/c1-3-8(2)11(16)12(20)17-14-19-18-13(21-14)9-4-6-10(15)7-5-9/h4-8,11H,3,16H2,1-2H3,(H,17,19,20)/t8-,11-/m1/s1. The van der Waals surface area contributed by atoms with E-state index in [-0.39, 0.29) is 11.8 Å². The largest absolute Gasteiger partial charge is 0.320 e. The highest BCUT2D eigenvalue weighted by atomic mass is 79.9. The number of hydrogen-bond donors (Lipinski definition) is 2. The van der Waals surface area contributed by atoms with Crippen LogP contribution in [0.4, 0.5) is 5.13 Å². The number of halogens is 1. The highest BCUT2D eigenvalue weighted by Gasteiger charge is 2.20. The van der Waals surface area contributed by atoms with Crippen molar-refractivity contribution in [2.24, 2.45) is 11.7 Å². The van der Waals surface area contributed by atoms with E-state index in [1.165, 1.54) is 11.3 Å².